The van der Waals surface area contributed by atoms with Crippen LogP contribution in [0.2, 0.25) is 5.54 Å². The zero-order chi connectivity index (χ0) is 15.2. The van der Waals surface area contributed by atoms with E-state index in [1.165, 1.54) is 0 Å². The zero-order valence-corrected chi connectivity index (χ0v) is 14.4. The van der Waals surface area contributed by atoms with Crippen LogP contribution in [0.15, 0.2) is 18.2 Å². The van der Waals surface area contributed by atoms with E-state index in [1.807, 2.05) is 32.0 Å². The summed E-state index contributed by atoms with van der Waals surface area (Å²) in [5, 5.41) is 0.991. The van der Waals surface area contributed by atoms with Crippen LogP contribution in [0.3, 0.4) is 0 Å². The van der Waals surface area contributed by atoms with Gasteiger partial charge in [0.25, 0.3) is 0 Å². The third kappa shape index (κ3) is 3.34. The molecule has 0 amide bonds. The maximum absolute atomic E-state index is 5.84. The van der Waals surface area contributed by atoms with Gasteiger partial charge in [0.15, 0.2) is 0 Å². The molecular formula is C15H26O4Si. The summed E-state index contributed by atoms with van der Waals surface area (Å²) < 4.78 is 23.0. The Balaban J connectivity index is 3.38. The van der Waals surface area contributed by atoms with E-state index in [-0.39, 0.29) is 5.54 Å². The first kappa shape index (κ1) is 17.0. The Morgan fingerprint density at radius 3 is 2.05 bits per heavy atom. The van der Waals surface area contributed by atoms with Gasteiger partial charge in [0.05, 0.1) is 13.2 Å². The molecule has 0 unspecified atom stereocenters. The highest BCUT2D eigenvalue weighted by Crippen LogP contribution is 2.28. The predicted molar refractivity (Wildman–Crippen MR) is 83.3 cm³/mol. The summed E-state index contributed by atoms with van der Waals surface area (Å²) in [5.74, 6) is 1.64. The Morgan fingerprint density at radius 2 is 1.60 bits per heavy atom. The van der Waals surface area contributed by atoms with Crippen LogP contribution in [0, 0.1) is 0 Å². The quantitative estimate of drug-likeness (QED) is 0.692. The van der Waals surface area contributed by atoms with Crippen LogP contribution in [0.1, 0.15) is 27.7 Å². The summed E-state index contributed by atoms with van der Waals surface area (Å²) in [6.07, 6.45) is 0. The molecule has 4 nitrogen and oxygen atoms in total. The normalized spacial score (nSPS) is 11.8. The van der Waals surface area contributed by atoms with Gasteiger partial charge in [-0.25, -0.2) is 0 Å². The molecule has 0 aromatic heterocycles. The van der Waals surface area contributed by atoms with Gasteiger partial charge in [-0.3, -0.25) is 0 Å². The summed E-state index contributed by atoms with van der Waals surface area (Å²) in [5.41, 5.74) is 0.258. The molecule has 1 aromatic rings. The van der Waals surface area contributed by atoms with Crippen LogP contribution in [0.5, 0.6) is 11.5 Å². The molecule has 0 radical (unpaired) electrons. The zero-order valence-electron chi connectivity index (χ0n) is 13.4. The first-order chi connectivity index (χ1) is 9.55. The largest absolute Gasteiger partial charge is 0.494 e. The number of hydrogen-bond donors (Lipinski definition) is 0. The van der Waals surface area contributed by atoms with E-state index < -0.39 is 8.56 Å². The predicted octanol–water partition coefficient (Wildman–Crippen LogP) is 2.84. The molecule has 0 heterocycles. The highest BCUT2D eigenvalue weighted by molar-refractivity contribution is 6.83. The second-order valence-electron chi connectivity index (χ2n) is 4.75. The summed E-state index contributed by atoms with van der Waals surface area (Å²) in [6.45, 7) is 9.40. The van der Waals surface area contributed by atoms with Crippen LogP contribution < -0.4 is 14.7 Å². The van der Waals surface area contributed by atoms with Crippen molar-refractivity contribution in [1.29, 1.82) is 0 Å². The minimum Gasteiger partial charge on any atom is -0.494 e. The van der Waals surface area contributed by atoms with Gasteiger partial charge in [-0.05, 0) is 32.0 Å². The lowest BCUT2D eigenvalue weighted by Crippen LogP contribution is -2.55. The molecule has 5 heteroatoms. The van der Waals surface area contributed by atoms with Gasteiger partial charge in [-0.15, -0.1) is 0 Å². The Hall–Kier alpha value is -1.04. The van der Waals surface area contributed by atoms with E-state index in [2.05, 4.69) is 13.8 Å². The number of rotatable bonds is 8. The van der Waals surface area contributed by atoms with Crippen LogP contribution in [-0.2, 0) is 8.85 Å². The molecule has 0 N–H and O–H groups in total. The van der Waals surface area contributed by atoms with E-state index in [9.17, 15) is 0 Å². The fraction of sp³-hybridized carbons (Fsp3) is 0.600. The van der Waals surface area contributed by atoms with E-state index in [0.717, 1.165) is 16.7 Å². The molecule has 0 aliphatic carbocycles. The first-order valence-corrected chi connectivity index (χ1v) is 8.95. The maximum atomic E-state index is 5.84. The Labute approximate surface area is 123 Å². The highest BCUT2D eigenvalue weighted by Gasteiger charge is 2.44. The Bertz CT molecular complexity index is 416. The van der Waals surface area contributed by atoms with E-state index in [0.29, 0.717) is 13.2 Å². The molecule has 0 saturated heterocycles. The molecule has 0 atom stereocenters. The maximum Gasteiger partial charge on any atom is 0.378 e. The highest BCUT2D eigenvalue weighted by atomic mass is 28.4. The van der Waals surface area contributed by atoms with E-state index >= 15 is 0 Å². The second kappa shape index (κ2) is 7.66. The van der Waals surface area contributed by atoms with Crippen LogP contribution >= 0.6 is 0 Å². The standard InChI is InChI=1S/C15H26O4Si/c1-7-18-13-9-10-14(19-8-2)15(11-13)20(16-5,17-6)12(3)4/h9-12H,7-8H2,1-6H3. The summed E-state index contributed by atoms with van der Waals surface area (Å²) in [7, 11) is 0.870. The van der Waals surface area contributed by atoms with Gasteiger partial charge < -0.3 is 18.3 Å². The lowest BCUT2D eigenvalue weighted by molar-refractivity contribution is 0.246. The average molecular weight is 298 g/mol. The molecule has 0 bridgehead atoms. The van der Waals surface area contributed by atoms with E-state index in [4.69, 9.17) is 18.3 Å². The monoisotopic (exact) mass is 298 g/mol. The minimum absolute atomic E-state index is 0.258. The van der Waals surface area contributed by atoms with Crippen LogP contribution in [0.4, 0.5) is 0 Å². The fourth-order valence-corrected chi connectivity index (χ4v) is 5.42. The average Bonchev–Trinajstić information content (AvgIpc) is 2.43. The van der Waals surface area contributed by atoms with Gasteiger partial charge >= 0.3 is 8.56 Å². The van der Waals surface area contributed by atoms with Crippen molar-refractivity contribution in [3.8, 4) is 11.5 Å². The van der Waals surface area contributed by atoms with E-state index in [1.54, 1.807) is 14.2 Å². The summed E-state index contributed by atoms with van der Waals surface area (Å²) in [6, 6.07) is 5.85. The van der Waals surface area contributed by atoms with Gasteiger partial charge in [0, 0.05) is 24.9 Å². The van der Waals surface area contributed by atoms with Crippen molar-refractivity contribution in [2.24, 2.45) is 0 Å². The molecular weight excluding hydrogens is 272 g/mol. The van der Waals surface area contributed by atoms with Crippen LogP contribution in [0.25, 0.3) is 0 Å². The number of benzene rings is 1. The van der Waals surface area contributed by atoms with Gasteiger partial charge in [0.1, 0.15) is 11.5 Å². The van der Waals surface area contributed by atoms with Crippen molar-refractivity contribution >= 4 is 13.7 Å². The van der Waals surface area contributed by atoms with Gasteiger partial charge in [-0.2, -0.15) is 0 Å². The number of ether oxygens (including phenoxy) is 2. The molecule has 0 spiro atoms. The summed E-state index contributed by atoms with van der Waals surface area (Å²) >= 11 is 0. The molecule has 0 aliphatic heterocycles. The van der Waals surface area contributed by atoms with Crippen molar-refractivity contribution in [3.63, 3.8) is 0 Å². The fourth-order valence-electron chi connectivity index (χ4n) is 2.40. The molecule has 20 heavy (non-hydrogen) atoms. The molecule has 114 valence electrons. The SMILES string of the molecule is CCOc1ccc(OCC)c([Si](OC)(OC)C(C)C)c1. The van der Waals surface area contributed by atoms with Crippen LogP contribution in [-0.4, -0.2) is 36.0 Å². The third-order valence-corrected chi connectivity index (χ3v) is 7.18. The molecule has 0 aliphatic rings. The summed E-state index contributed by atoms with van der Waals surface area (Å²) in [4.78, 5) is 0. The lowest BCUT2D eigenvalue weighted by atomic mass is 10.3. The smallest absolute Gasteiger partial charge is 0.378 e. The molecule has 1 aromatic carbocycles. The molecule has 1 rings (SSSR count). The van der Waals surface area contributed by atoms with Gasteiger partial charge in [-0.1, -0.05) is 13.8 Å². The topological polar surface area (TPSA) is 36.9 Å². The van der Waals surface area contributed by atoms with Gasteiger partial charge in [0.2, 0.25) is 0 Å². The minimum atomic E-state index is -2.54. The Morgan fingerprint density at radius 1 is 1.00 bits per heavy atom. The molecule has 0 saturated carbocycles. The second-order valence-corrected chi connectivity index (χ2v) is 8.60. The van der Waals surface area contributed by atoms with Crippen molar-refractivity contribution in [2.75, 3.05) is 27.4 Å². The van der Waals surface area contributed by atoms with Crippen molar-refractivity contribution in [2.45, 2.75) is 33.2 Å². The first-order valence-electron chi connectivity index (χ1n) is 7.06. The van der Waals surface area contributed by atoms with Crippen molar-refractivity contribution < 1.29 is 18.3 Å². The third-order valence-electron chi connectivity index (χ3n) is 3.30. The van der Waals surface area contributed by atoms with Crippen molar-refractivity contribution in [1.82, 2.24) is 0 Å². The molecule has 0 fully saturated rings. The Kier molecular flexibility index (Phi) is 6.52. The number of hydrogen-bond acceptors (Lipinski definition) is 4. The lowest BCUT2D eigenvalue weighted by Gasteiger charge is -2.32. The van der Waals surface area contributed by atoms with Crippen molar-refractivity contribution in [3.05, 3.63) is 18.2 Å².